The molecule has 0 bridgehead atoms. The van der Waals surface area contributed by atoms with Gasteiger partial charge in [-0.15, -0.1) is 0 Å². The van der Waals surface area contributed by atoms with Crippen molar-refractivity contribution >= 4 is 59.6 Å². The molecule has 0 saturated carbocycles. The number of phosphoric ester groups is 1. The fourth-order valence-electron chi connectivity index (χ4n) is 5.50. The van der Waals surface area contributed by atoms with Crippen LogP contribution in [0.15, 0.2) is 63.8 Å². The van der Waals surface area contributed by atoms with Crippen LogP contribution in [0.3, 0.4) is 0 Å². The van der Waals surface area contributed by atoms with Gasteiger partial charge in [0.1, 0.15) is 17.1 Å². The maximum atomic E-state index is 12.5. The van der Waals surface area contributed by atoms with Gasteiger partial charge in [-0.3, -0.25) is 23.4 Å². The number of rotatable bonds is 20. The minimum absolute atomic E-state index is 0.00278. The molecule has 0 fully saturated rings. The van der Waals surface area contributed by atoms with E-state index in [9.17, 15) is 38.8 Å². The number of unbranched alkanes of at least 4 members (excludes halogenated alkanes) is 3. The zero-order valence-electron chi connectivity index (χ0n) is 29.1. The van der Waals surface area contributed by atoms with Crippen LogP contribution in [0.25, 0.3) is 33.4 Å². The number of carboxylic acids is 1. The number of carboxylic acid groups (broad SMARTS) is 1. The summed E-state index contributed by atoms with van der Waals surface area (Å²) < 4.78 is 26.6. The van der Waals surface area contributed by atoms with Gasteiger partial charge in [0.15, 0.2) is 10.5 Å². The Hall–Kier alpha value is -4.86. The monoisotopic (exact) mass is 770 g/mol. The first-order valence-electron chi connectivity index (χ1n) is 17.1. The number of nitrogens with one attached hydrogen (secondary N) is 4. The molecule has 284 valence electrons. The Morgan fingerprint density at radius 1 is 0.830 bits per heavy atom. The first-order valence-corrected chi connectivity index (χ1v) is 19.0. The normalized spacial score (nSPS) is 12.3. The number of phenolic OH excluding ortho intramolecular Hbond substituents is 1. The lowest BCUT2D eigenvalue weighted by Crippen LogP contribution is -2.29. The average Bonchev–Trinajstić information content (AvgIpc) is 3.10. The number of hydrogen-bond acceptors (Lipinski definition) is 10. The summed E-state index contributed by atoms with van der Waals surface area (Å²) in [6.45, 7) is 2.59. The van der Waals surface area contributed by atoms with Crippen LogP contribution in [0, 0.1) is 0 Å². The Morgan fingerprint density at radius 3 is 2.21 bits per heavy atom. The molecule has 15 nitrogen and oxygen atoms in total. The van der Waals surface area contributed by atoms with Crippen molar-refractivity contribution in [3.8, 4) is 28.2 Å². The van der Waals surface area contributed by atoms with E-state index in [2.05, 4.69) is 25.8 Å². The highest BCUT2D eigenvalue weighted by molar-refractivity contribution is 7.80. The number of carbonyl (C=O) groups is 3. The molecule has 7 N–H and O–H groups in total. The Kier molecular flexibility index (Phi) is 15.3. The van der Waals surface area contributed by atoms with Crippen LogP contribution < -0.4 is 26.7 Å². The van der Waals surface area contributed by atoms with E-state index in [-0.39, 0.29) is 60.5 Å². The number of aromatic carboxylic acids is 1. The minimum Gasteiger partial charge on any atom is -0.508 e. The highest BCUT2D eigenvalue weighted by atomic mass is 32.1. The summed E-state index contributed by atoms with van der Waals surface area (Å²) in [7, 11) is -4.08. The van der Waals surface area contributed by atoms with Crippen LogP contribution in [0.2, 0.25) is 0 Å². The third-order valence-electron chi connectivity index (χ3n) is 7.94. The zero-order chi connectivity index (χ0) is 38.4. The molecule has 0 radical (unpaired) electrons. The molecule has 1 atom stereocenters. The highest BCUT2D eigenvalue weighted by Gasteiger charge is 2.23. The SMILES string of the molecule is CCOP(=O)(O)OCCNC(=O)CCCCC(=O)NCCCCCNC(=S)Nc1ccc(-c2c3ccc(=O)cc-3oc3cc(O)ccc23)c(C(=O)O)c1. The van der Waals surface area contributed by atoms with E-state index in [4.69, 9.17) is 21.2 Å². The number of thiocarbonyl (C=S) groups is 1. The fourth-order valence-corrected chi connectivity index (χ4v) is 6.44. The summed E-state index contributed by atoms with van der Waals surface area (Å²) in [6.07, 6.45) is 3.95. The number of aromatic hydroxyl groups is 1. The topological polar surface area (TPSA) is 226 Å². The largest absolute Gasteiger partial charge is 0.508 e. The lowest BCUT2D eigenvalue weighted by Gasteiger charge is -2.18. The summed E-state index contributed by atoms with van der Waals surface area (Å²) in [6, 6.07) is 13.7. The second-order valence-corrected chi connectivity index (χ2v) is 13.8. The van der Waals surface area contributed by atoms with E-state index in [0.717, 1.165) is 19.3 Å². The number of fused-ring (bicyclic) bond motifs is 2. The molecule has 1 heterocycles. The predicted molar refractivity (Wildman–Crippen MR) is 203 cm³/mol. The van der Waals surface area contributed by atoms with E-state index in [1.54, 1.807) is 31.2 Å². The van der Waals surface area contributed by atoms with Crippen molar-refractivity contribution in [3.63, 3.8) is 0 Å². The quantitative estimate of drug-likeness (QED) is 0.0260. The maximum Gasteiger partial charge on any atom is 0.472 e. The molecular weight excluding hydrogens is 727 g/mol. The second kappa shape index (κ2) is 19.8. The fraction of sp³-hybridized carbons (Fsp3) is 0.361. The summed E-state index contributed by atoms with van der Waals surface area (Å²) in [4.78, 5) is 57.8. The Balaban J connectivity index is 1.16. The molecule has 4 rings (SSSR count). The van der Waals surface area contributed by atoms with Crippen molar-refractivity contribution in [2.45, 2.75) is 51.9 Å². The lowest BCUT2D eigenvalue weighted by molar-refractivity contribution is -0.123. The van der Waals surface area contributed by atoms with Gasteiger partial charge >= 0.3 is 13.8 Å². The van der Waals surface area contributed by atoms with Gasteiger partial charge in [0.05, 0.1) is 18.8 Å². The van der Waals surface area contributed by atoms with Gasteiger partial charge in [-0.05, 0) is 93.2 Å². The molecule has 2 aromatic carbocycles. The molecule has 2 amide bonds. The summed E-state index contributed by atoms with van der Waals surface area (Å²) in [5, 5.41) is 32.7. The number of anilines is 1. The van der Waals surface area contributed by atoms with Crippen molar-refractivity contribution in [2.75, 3.05) is 38.2 Å². The Bertz CT molecular complexity index is 2000. The van der Waals surface area contributed by atoms with E-state index < -0.39 is 13.8 Å². The van der Waals surface area contributed by atoms with E-state index in [1.165, 1.54) is 30.3 Å². The number of phosphoric acid groups is 1. The molecule has 53 heavy (non-hydrogen) atoms. The van der Waals surface area contributed by atoms with Crippen LogP contribution >= 0.6 is 20.0 Å². The third-order valence-corrected chi connectivity index (χ3v) is 9.28. The molecule has 0 saturated heterocycles. The average molecular weight is 771 g/mol. The van der Waals surface area contributed by atoms with Crippen LogP contribution in [-0.4, -0.2) is 70.9 Å². The van der Waals surface area contributed by atoms with Gasteiger partial charge in [-0.2, -0.15) is 0 Å². The standard InChI is InChI=1S/C36H43N4O11PS/c1-2-49-52(47,48)50-19-18-38-33(44)9-5-4-8-32(43)37-16-6-3-7-17-39-36(53)40-23-10-13-26(29(20-23)35(45)46)34-27-14-11-24(41)21-30(27)51-31-22-25(42)12-15-28(31)34/h10-15,20-22,41H,2-9,16-19H2,1H3,(H,37,43)(H,38,44)(H,45,46)(H,47,48)(H2,39,40,53). The van der Waals surface area contributed by atoms with Gasteiger partial charge in [0.2, 0.25) is 11.8 Å². The number of benzene rings is 3. The molecule has 2 aromatic rings. The van der Waals surface area contributed by atoms with Gasteiger partial charge in [-0.25, -0.2) is 9.36 Å². The molecule has 1 aliphatic heterocycles. The molecule has 0 spiro atoms. The van der Waals surface area contributed by atoms with Crippen LogP contribution in [-0.2, 0) is 23.2 Å². The van der Waals surface area contributed by atoms with Gasteiger partial charge in [0, 0.05) is 66.8 Å². The van der Waals surface area contributed by atoms with Crippen molar-refractivity contribution in [3.05, 3.63) is 70.4 Å². The van der Waals surface area contributed by atoms with Crippen molar-refractivity contribution in [1.82, 2.24) is 16.0 Å². The summed E-state index contributed by atoms with van der Waals surface area (Å²) in [5.41, 5.74) is 1.97. The first kappa shape index (κ1) is 40.9. The maximum absolute atomic E-state index is 12.5. The lowest BCUT2D eigenvalue weighted by atomic mass is 9.90. The number of amides is 2. The molecular formula is C36H43N4O11PS. The van der Waals surface area contributed by atoms with Crippen LogP contribution in [0.1, 0.15) is 62.2 Å². The smallest absolute Gasteiger partial charge is 0.472 e. The van der Waals surface area contributed by atoms with Crippen LogP contribution in [0.5, 0.6) is 5.75 Å². The summed E-state index contributed by atoms with van der Waals surface area (Å²) in [5.74, 6) is -1.28. The number of hydrogen-bond donors (Lipinski definition) is 7. The third kappa shape index (κ3) is 12.6. The molecule has 17 heteroatoms. The predicted octanol–water partition coefficient (Wildman–Crippen LogP) is 5.37. The van der Waals surface area contributed by atoms with E-state index in [1.807, 2.05) is 0 Å². The van der Waals surface area contributed by atoms with Gasteiger partial charge in [-0.1, -0.05) is 6.07 Å². The Morgan fingerprint density at radius 2 is 1.51 bits per heavy atom. The van der Waals surface area contributed by atoms with E-state index >= 15 is 0 Å². The van der Waals surface area contributed by atoms with Crippen molar-refractivity contribution < 1.29 is 47.5 Å². The van der Waals surface area contributed by atoms with Gasteiger partial charge < -0.3 is 40.8 Å². The highest BCUT2D eigenvalue weighted by Crippen LogP contribution is 2.43. The van der Waals surface area contributed by atoms with Crippen LogP contribution in [0.4, 0.5) is 5.69 Å². The molecule has 2 aliphatic rings. The van der Waals surface area contributed by atoms with Crippen molar-refractivity contribution in [1.29, 1.82) is 0 Å². The first-order chi connectivity index (χ1) is 25.4. The zero-order valence-corrected chi connectivity index (χ0v) is 30.9. The Labute approximate surface area is 311 Å². The van der Waals surface area contributed by atoms with Crippen molar-refractivity contribution in [2.24, 2.45) is 0 Å². The minimum atomic E-state index is -4.08. The van der Waals surface area contributed by atoms with E-state index in [0.29, 0.717) is 70.8 Å². The van der Waals surface area contributed by atoms with Gasteiger partial charge in [0.25, 0.3) is 0 Å². The molecule has 1 unspecified atom stereocenters. The second-order valence-electron chi connectivity index (χ2n) is 11.9. The molecule has 1 aliphatic carbocycles. The number of phenols is 1. The number of carbonyl (C=O) groups excluding carboxylic acids is 2. The summed E-state index contributed by atoms with van der Waals surface area (Å²) >= 11 is 5.43. The molecule has 0 aromatic heterocycles.